The van der Waals surface area contributed by atoms with Crippen LogP contribution in [0.1, 0.15) is 45.1 Å². The third-order valence-corrected chi connectivity index (χ3v) is 9.05. The lowest BCUT2D eigenvalue weighted by molar-refractivity contribution is 0.192. The highest BCUT2D eigenvalue weighted by atomic mass is 28.4. The monoisotopic (exact) mass is 328 g/mol. The minimum atomic E-state index is -1.86. The van der Waals surface area contributed by atoms with Crippen molar-refractivity contribution < 1.29 is 8.95 Å². The minimum absolute atomic E-state index is 0.118. The first-order valence-electron chi connectivity index (χ1n) is 7.79. The Labute approximate surface area is 139 Å². The van der Waals surface area contributed by atoms with Gasteiger partial charge in [-0.15, -0.1) is 18.1 Å². The maximum Gasteiger partial charge on any atom is 0.167 e. The molecule has 1 heterocycles. The normalized spacial score (nSPS) is 13.6. The Hall–Kier alpha value is -1.90. The van der Waals surface area contributed by atoms with Gasteiger partial charge in [-0.05, 0) is 27.4 Å². The minimum Gasteiger partial charge on any atom is -0.558 e. The van der Waals surface area contributed by atoms with Gasteiger partial charge in [0.2, 0.25) is 0 Å². The van der Waals surface area contributed by atoms with Crippen LogP contribution in [0.2, 0.25) is 18.1 Å². The highest BCUT2D eigenvalue weighted by Crippen LogP contribution is 2.39. The molecular formula is C18H24N2O2Si-. The van der Waals surface area contributed by atoms with Gasteiger partial charge < -0.3 is 8.95 Å². The fourth-order valence-electron chi connectivity index (χ4n) is 2.04. The van der Waals surface area contributed by atoms with Crippen LogP contribution >= 0.6 is 0 Å². The summed E-state index contributed by atoms with van der Waals surface area (Å²) < 4.78 is 11.8. The first-order valence-corrected chi connectivity index (χ1v) is 10.7. The number of benzene rings is 1. The number of hydrogen-bond donors (Lipinski definition) is 0. The summed E-state index contributed by atoms with van der Waals surface area (Å²) in [6.45, 7) is 13.1. The van der Waals surface area contributed by atoms with Crippen molar-refractivity contribution >= 4 is 8.32 Å². The molecule has 1 aromatic carbocycles. The molecule has 2 aromatic rings. The molecule has 1 aromatic heterocycles. The lowest BCUT2D eigenvalue weighted by Gasteiger charge is -2.50. The number of hydrogen-bond acceptors (Lipinski definition) is 4. The van der Waals surface area contributed by atoms with Gasteiger partial charge in [-0.2, -0.15) is 5.26 Å². The maximum atomic E-state index is 8.99. The fourth-order valence-corrected chi connectivity index (χ4v) is 3.40. The van der Waals surface area contributed by atoms with Crippen LogP contribution in [0.5, 0.6) is 0 Å². The van der Waals surface area contributed by atoms with Gasteiger partial charge in [0.15, 0.2) is 5.76 Å². The summed E-state index contributed by atoms with van der Waals surface area (Å²) in [7, 11) is -1.86. The van der Waals surface area contributed by atoms with Gasteiger partial charge in [0.05, 0.1) is 17.7 Å². The maximum absolute atomic E-state index is 8.99. The average Bonchev–Trinajstić information content (AvgIpc) is 2.95. The fraction of sp³-hybridized carbons (Fsp3) is 0.444. The molecule has 0 spiro atoms. The Kier molecular flexibility index (Phi) is 4.78. The molecule has 4 nitrogen and oxygen atoms in total. The van der Waals surface area contributed by atoms with E-state index in [1.54, 1.807) is 12.1 Å². The third-order valence-electron chi connectivity index (χ3n) is 4.50. The predicted octanol–water partition coefficient (Wildman–Crippen LogP) is 5.30. The van der Waals surface area contributed by atoms with E-state index < -0.39 is 8.32 Å². The Morgan fingerprint density at radius 2 is 1.96 bits per heavy atom. The standard InChI is InChI=1S/C18H24N2O2Si/c1-13(22-23(5,6)18(2,3)4)16-11-17(21-20-16)15-9-7-8-14(10-15)12-19/h7-11,13H,1-6H3/q-1. The van der Waals surface area contributed by atoms with Crippen molar-refractivity contribution in [1.29, 1.82) is 5.26 Å². The molecule has 0 aliphatic heterocycles. The van der Waals surface area contributed by atoms with Crippen molar-refractivity contribution in [2.45, 2.75) is 51.9 Å². The molecule has 1 atom stereocenters. The summed E-state index contributed by atoms with van der Waals surface area (Å²) in [4.78, 5) is 0. The van der Waals surface area contributed by atoms with Crippen LogP contribution in [0, 0.1) is 11.3 Å². The van der Waals surface area contributed by atoms with Gasteiger partial charge in [0.25, 0.3) is 0 Å². The Bertz CT molecular complexity index is 723. The summed E-state index contributed by atoms with van der Waals surface area (Å²) in [5.74, 6) is 0.655. The lowest BCUT2D eigenvalue weighted by atomic mass is 10.1. The molecule has 0 aliphatic rings. The van der Waals surface area contributed by atoms with E-state index in [2.05, 4.69) is 45.1 Å². The van der Waals surface area contributed by atoms with Crippen LogP contribution in [0.15, 0.2) is 34.9 Å². The first-order chi connectivity index (χ1) is 10.6. The van der Waals surface area contributed by atoms with E-state index in [-0.39, 0.29) is 11.1 Å². The number of aromatic nitrogens is 1. The molecule has 0 aliphatic carbocycles. The molecular weight excluding hydrogens is 304 g/mol. The highest BCUT2D eigenvalue weighted by molar-refractivity contribution is 6.74. The first kappa shape index (κ1) is 17.5. The Morgan fingerprint density at radius 3 is 2.57 bits per heavy atom. The Balaban J connectivity index is 2.20. The van der Waals surface area contributed by atoms with Crippen LogP contribution < -0.4 is 0 Å². The second-order valence-electron chi connectivity index (χ2n) is 7.33. The van der Waals surface area contributed by atoms with Crippen molar-refractivity contribution in [3.05, 3.63) is 41.6 Å². The summed E-state index contributed by atoms with van der Waals surface area (Å²) in [6, 6.07) is 11.3. The van der Waals surface area contributed by atoms with Crippen LogP contribution in [0.3, 0.4) is 0 Å². The van der Waals surface area contributed by atoms with Gasteiger partial charge in [0, 0.05) is 11.6 Å². The van der Waals surface area contributed by atoms with Crippen molar-refractivity contribution in [1.82, 2.24) is 5.16 Å². The highest BCUT2D eigenvalue weighted by Gasteiger charge is 2.27. The smallest absolute Gasteiger partial charge is 0.167 e. The molecule has 2 rings (SSSR count). The summed E-state index contributed by atoms with van der Waals surface area (Å²) in [5.41, 5.74) is 2.24. The largest absolute Gasteiger partial charge is 0.558 e. The summed E-state index contributed by atoms with van der Waals surface area (Å²) in [6.07, 6.45) is -0.118. The van der Waals surface area contributed by atoms with Crippen LogP contribution in [-0.4, -0.2) is 13.5 Å². The van der Waals surface area contributed by atoms with E-state index in [0.29, 0.717) is 11.3 Å². The number of rotatable bonds is 4. The van der Waals surface area contributed by atoms with E-state index in [4.69, 9.17) is 14.2 Å². The molecule has 0 amide bonds. The van der Waals surface area contributed by atoms with Crippen LogP contribution in [-0.2, 0) is 4.43 Å². The zero-order chi connectivity index (χ0) is 17.3. The van der Waals surface area contributed by atoms with E-state index in [0.717, 1.165) is 11.3 Å². The molecule has 0 N–H and O–H groups in total. The molecule has 0 bridgehead atoms. The quantitative estimate of drug-likeness (QED) is 0.715. The molecule has 0 fully saturated rings. The molecule has 23 heavy (non-hydrogen) atoms. The van der Waals surface area contributed by atoms with Gasteiger partial charge in [-0.1, -0.05) is 38.1 Å². The Morgan fingerprint density at radius 1 is 1.26 bits per heavy atom. The molecule has 0 saturated carbocycles. The van der Waals surface area contributed by atoms with Gasteiger partial charge >= 0.3 is 0 Å². The van der Waals surface area contributed by atoms with Crippen molar-refractivity contribution in [3.63, 3.8) is 0 Å². The SMILES string of the molecule is CC(O[Si-](C)(C)C(C)(C)C)c1cc(-c2cccc(C#N)c2)on1. The lowest BCUT2D eigenvalue weighted by Crippen LogP contribution is -2.41. The third kappa shape index (κ3) is 3.90. The molecule has 5 heteroatoms. The van der Waals surface area contributed by atoms with Gasteiger partial charge in [0.1, 0.15) is 5.69 Å². The predicted molar refractivity (Wildman–Crippen MR) is 93.4 cm³/mol. The topological polar surface area (TPSA) is 59.0 Å². The zero-order valence-corrected chi connectivity index (χ0v) is 15.7. The molecule has 123 valence electrons. The van der Waals surface area contributed by atoms with E-state index in [1.807, 2.05) is 25.1 Å². The van der Waals surface area contributed by atoms with Gasteiger partial charge in [-0.3, -0.25) is 0 Å². The second-order valence-corrected chi connectivity index (χ2v) is 12.1. The van der Waals surface area contributed by atoms with Crippen molar-refractivity contribution in [2.24, 2.45) is 0 Å². The molecule has 1 unspecified atom stereocenters. The zero-order valence-electron chi connectivity index (χ0n) is 14.7. The van der Waals surface area contributed by atoms with Gasteiger partial charge in [-0.25, -0.2) is 0 Å². The van der Waals surface area contributed by atoms with Crippen LogP contribution in [0.4, 0.5) is 0 Å². The summed E-state index contributed by atoms with van der Waals surface area (Å²) >= 11 is 0. The second kappa shape index (κ2) is 6.30. The summed E-state index contributed by atoms with van der Waals surface area (Å²) in [5, 5.41) is 13.3. The van der Waals surface area contributed by atoms with E-state index >= 15 is 0 Å². The van der Waals surface area contributed by atoms with Crippen molar-refractivity contribution in [2.75, 3.05) is 0 Å². The molecule has 0 radical (unpaired) electrons. The van der Waals surface area contributed by atoms with Crippen LogP contribution in [0.25, 0.3) is 11.3 Å². The van der Waals surface area contributed by atoms with E-state index in [9.17, 15) is 0 Å². The average molecular weight is 328 g/mol. The number of nitriles is 1. The number of nitrogens with zero attached hydrogens (tertiary/aromatic N) is 2. The van der Waals surface area contributed by atoms with E-state index in [1.165, 1.54) is 0 Å². The molecule has 0 saturated heterocycles. The van der Waals surface area contributed by atoms with Crippen molar-refractivity contribution in [3.8, 4) is 17.4 Å².